The third kappa shape index (κ3) is 7.91. The number of carbonyl (C=O) groups is 2. The van der Waals surface area contributed by atoms with Gasteiger partial charge in [0.05, 0.1) is 51.3 Å². The van der Waals surface area contributed by atoms with E-state index in [0.717, 1.165) is 4.90 Å². The minimum Gasteiger partial charge on any atom is -0.487 e. The maximum absolute atomic E-state index is 13.3. The van der Waals surface area contributed by atoms with E-state index in [9.17, 15) is 40.3 Å². The van der Waals surface area contributed by atoms with Crippen LogP contribution < -0.4 is 20.7 Å². The van der Waals surface area contributed by atoms with Gasteiger partial charge in [-0.3, -0.25) is 4.79 Å². The quantitative estimate of drug-likeness (QED) is 0.203. The smallest absolute Gasteiger partial charge is 0.391 e. The van der Waals surface area contributed by atoms with Crippen LogP contribution in [0.5, 0.6) is 5.75 Å². The van der Waals surface area contributed by atoms with Gasteiger partial charge in [-0.15, -0.1) is 0 Å². The highest BCUT2D eigenvalue weighted by atomic mass is 35.5. The Morgan fingerprint density at radius 3 is 2.40 bits per heavy atom. The van der Waals surface area contributed by atoms with Gasteiger partial charge in [0.1, 0.15) is 12.4 Å². The number of anilines is 2. The van der Waals surface area contributed by atoms with Gasteiger partial charge in [-0.25, -0.2) is 27.3 Å². The average Bonchev–Trinajstić information content (AvgIpc) is 3.29. The van der Waals surface area contributed by atoms with Crippen molar-refractivity contribution in [1.29, 1.82) is 0 Å². The Bertz CT molecular complexity index is 1650. The normalized spacial score (nSPS) is 19.4. The number of hydrogen-bond acceptors (Lipinski definition) is 5. The Morgan fingerprint density at radius 2 is 1.79 bits per heavy atom. The number of aromatic nitrogens is 2. The lowest BCUT2D eigenvalue weighted by Crippen LogP contribution is -2.60. The highest BCUT2D eigenvalue weighted by Gasteiger charge is 2.46. The maximum atomic E-state index is 13.3. The van der Waals surface area contributed by atoms with Gasteiger partial charge in [0.25, 0.3) is 18.3 Å². The highest BCUT2D eigenvalue weighted by Crippen LogP contribution is 2.39. The van der Waals surface area contributed by atoms with Gasteiger partial charge in [0, 0.05) is 25.7 Å². The van der Waals surface area contributed by atoms with Crippen LogP contribution in [0.15, 0.2) is 24.3 Å². The van der Waals surface area contributed by atoms with Gasteiger partial charge >= 0.3 is 12.2 Å². The first-order valence-corrected chi connectivity index (χ1v) is 15.2. The van der Waals surface area contributed by atoms with Crippen molar-refractivity contribution in [3.63, 3.8) is 0 Å². The number of hydrogen-bond donors (Lipinski definition) is 3. The van der Waals surface area contributed by atoms with E-state index >= 15 is 0 Å². The van der Waals surface area contributed by atoms with E-state index in [1.807, 2.05) is 0 Å². The minimum atomic E-state index is -4.32. The number of fused-ring (bicyclic) bond motifs is 1. The number of likely N-dealkylation sites (tertiary alicyclic amines) is 1. The zero-order valence-electron chi connectivity index (χ0n) is 24.7. The number of nitrogens with one attached hydrogen (secondary N) is 3. The second kappa shape index (κ2) is 13.5. The number of imidazole rings is 1. The Kier molecular flexibility index (Phi) is 9.92. The van der Waals surface area contributed by atoms with Crippen LogP contribution >= 0.6 is 23.2 Å². The van der Waals surface area contributed by atoms with Gasteiger partial charge < -0.3 is 30.2 Å². The van der Waals surface area contributed by atoms with Crippen LogP contribution in [0, 0.1) is 5.92 Å². The molecule has 3 amide bonds. The van der Waals surface area contributed by atoms with E-state index in [4.69, 9.17) is 27.9 Å². The molecule has 0 bridgehead atoms. The maximum Gasteiger partial charge on any atom is 0.391 e. The van der Waals surface area contributed by atoms with Crippen molar-refractivity contribution in [2.45, 2.75) is 56.8 Å². The van der Waals surface area contributed by atoms with Crippen molar-refractivity contribution in [2.75, 3.05) is 25.0 Å². The Labute approximate surface area is 273 Å². The molecule has 3 aromatic rings. The standard InChI is InChI=1S/C29H29Cl2F7N6O3/c1-43-20-9-21(47-11-22(32)33)17(25(45)40-16-5-3-15(4-6-16)29(36,37)38)8-19(20)41-26(43)42-24-18(30)7-2-14(23(24)31)10-39-27(46)44-12-28(34,35)13-44/h2,7-9,15-16,22H,3-6,10-13H2,1H3,(H,39,46)(H,40,45)(H,41,42). The molecule has 2 aromatic carbocycles. The van der Waals surface area contributed by atoms with Crippen LogP contribution in [-0.4, -0.2) is 70.7 Å². The third-order valence-electron chi connectivity index (χ3n) is 8.09. The predicted octanol–water partition coefficient (Wildman–Crippen LogP) is 7.28. The minimum absolute atomic E-state index is 0.0973. The molecule has 0 radical (unpaired) electrons. The summed E-state index contributed by atoms with van der Waals surface area (Å²) in [5.41, 5.74) is 1.07. The Hall–Kier alpha value is -3.66. The van der Waals surface area contributed by atoms with Gasteiger partial charge in [-0.2, -0.15) is 13.2 Å². The number of rotatable bonds is 9. The summed E-state index contributed by atoms with van der Waals surface area (Å²) < 4.78 is 98.4. The molecule has 1 saturated heterocycles. The molecular formula is C29H29Cl2F7N6O3. The van der Waals surface area contributed by atoms with Crippen molar-refractivity contribution in [3.05, 3.63) is 45.4 Å². The molecule has 3 N–H and O–H groups in total. The third-order valence-corrected chi connectivity index (χ3v) is 8.83. The van der Waals surface area contributed by atoms with E-state index in [1.54, 1.807) is 13.1 Å². The number of ether oxygens (including phenoxy) is 1. The number of amides is 3. The molecule has 5 rings (SSSR count). The summed E-state index contributed by atoms with van der Waals surface area (Å²) in [7, 11) is 1.59. The lowest BCUT2D eigenvalue weighted by Gasteiger charge is -2.38. The summed E-state index contributed by atoms with van der Waals surface area (Å²) in [5.74, 6) is -5.09. The number of urea groups is 1. The number of carbonyl (C=O) groups excluding carboxylic acids is 2. The Balaban J connectivity index is 1.36. The molecule has 0 atom stereocenters. The van der Waals surface area contributed by atoms with E-state index in [2.05, 4.69) is 20.9 Å². The van der Waals surface area contributed by atoms with Gasteiger partial charge in [-0.1, -0.05) is 29.3 Å². The number of alkyl halides is 7. The molecule has 1 aliphatic heterocycles. The average molecular weight is 713 g/mol. The van der Waals surface area contributed by atoms with E-state index in [1.165, 1.54) is 22.8 Å². The molecular weight excluding hydrogens is 684 g/mol. The fourth-order valence-electron chi connectivity index (χ4n) is 5.51. The van der Waals surface area contributed by atoms with Crippen molar-refractivity contribution in [3.8, 4) is 5.75 Å². The topological polar surface area (TPSA) is 101 Å². The van der Waals surface area contributed by atoms with Gasteiger partial charge in [0.15, 0.2) is 0 Å². The molecule has 1 aliphatic carbocycles. The monoisotopic (exact) mass is 712 g/mol. The fourth-order valence-corrected chi connectivity index (χ4v) is 6.04. The van der Waals surface area contributed by atoms with E-state index in [-0.39, 0.29) is 70.7 Å². The number of benzene rings is 2. The molecule has 47 heavy (non-hydrogen) atoms. The summed E-state index contributed by atoms with van der Waals surface area (Å²) in [5, 5.41) is 8.48. The van der Waals surface area contributed by atoms with Crippen LogP contribution in [-0.2, 0) is 13.6 Å². The lowest BCUT2D eigenvalue weighted by atomic mass is 9.85. The van der Waals surface area contributed by atoms with Crippen LogP contribution in [0.1, 0.15) is 41.6 Å². The molecule has 1 saturated carbocycles. The Morgan fingerprint density at radius 1 is 1.11 bits per heavy atom. The van der Waals surface area contributed by atoms with Crippen molar-refractivity contribution >= 4 is 57.8 Å². The van der Waals surface area contributed by atoms with E-state index in [0.29, 0.717) is 11.1 Å². The molecule has 18 heteroatoms. The number of halogens is 9. The van der Waals surface area contributed by atoms with Crippen molar-refractivity contribution in [1.82, 2.24) is 25.1 Å². The van der Waals surface area contributed by atoms with Gasteiger partial charge in [0.2, 0.25) is 5.95 Å². The summed E-state index contributed by atoms with van der Waals surface area (Å²) in [6, 6.07) is 4.48. The van der Waals surface area contributed by atoms with Crippen LogP contribution in [0.4, 0.5) is 47.2 Å². The number of aryl methyl sites for hydroxylation is 1. The van der Waals surface area contributed by atoms with Crippen molar-refractivity contribution < 1.29 is 45.1 Å². The zero-order chi connectivity index (χ0) is 34.3. The molecule has 0 unspecified atom stereocenters. The van der Waals surface area contributed by atoms with Gasteiger partial charge in [-0.05, 0) is 43.4 Å². The second-order valence-electron chi connectivity index (χ2n) is 11.5. The summed E-state index contributed by atoms with van der Waals surface area (Å²) in [6.07, 6.45) is -7.26. The summed E-state index contributed by atoms with van der Waals surface area (Å²) in [6.45, 7) is -2.49. The summed E-state index contributed by atoms with van der Waals surface area (Å²) in [4.78, 5) is 30.9. The first-order valence-electron chi connectivity index (χ1n) is 14.5. The second-order valence-corrected chi connectivity index (χ2v) is 12.3. The molecule has 2 heterocycles. The van der Waals surface area contributed by atoms with Crippen LogP contribution in [0.2, 0.25) is 10.0 Å². The van der Waals surface area contributed by atoms with Crippen LogP contribution in [0.3, 0.4) is 0 Å². The zero-order valence-corrected chi connectivity index (χ0v) is 26.2. The molecule has 2 fully saturated rings. The lowest BCUT2D eigenvalue weighted by molar-refractivity contribution is -0.182. The summed E-state index contributed by atoms with van der Waals surface area (Å²) >= 11 is 13.0. The molecule has 9 nitrogen and oxygen atoms in total. The molecule has 1 aromatic heterocycles. The first kappa shape index (κ1) is 34.7. The molecule has 2 aliphatic rings. The highest BCUT2D eigenvalue weighted by molar-refractivity contribution is 6.39. The first-order chi connectivity index (χ1) is 22.0. The number of nitrogens with zero attached hydrogens (tertiary/aromatic N) is 3. The van der Waals surface area contributed by atoms with Crippen LogP contribution in [0.25, 0.3) is 11.0 Å². The molecule has 0 spiro atoms. The SMILES string of the molecule is Cn1c(Nc2c(Cl)ccc(CNC(=O)N3CC(F)(F)C3)c2Cl)nc2cc(C(=O)NC3CCC(C(F)(F)F)CC3)c(OCC(F)F)cc21. The predicted molar refractivity (Wildman–Crippen MR) is 160 cm³/mol. The fraction of sp³-hybridized carbons (Fsp3) is 0.483. The van der Waals surface area contributed by atoms with E-state index < -0.39 is 62.1 Å². The largest absolute Gasteiger partial charge is 0.487 e. The van der Waals surface area contributed by atoms with Crippen molar-refractivity contribution in [2.24, 2.45) is 13.0 Å². The molecule has 256 valence electrons.